The third-order valence-electron chi connectivity index (χ3n) is 3.81. The highest BCUT2D eigenvalue weighted by Gasteiger charge is 2.22. The Hall–Kier alpha value is -1.81. The van der Waals surface area contributed by atoms with Crippen LogP contribution in [0.4, 0.5) is 5.69 Å². The van der Waals surface area contributed by atoms with Gasteiger partial charge in [0.1, 0.15) is 0 Å². The Balaban J connectivity index is 1.83. The lowest BCUT2D eigenvalue weighted by molar-refractivity contribution is 0.522. The van der Waals surface area contributed by atoms with Crippen molar-refractivity contribution in [1.82, 2.24) is 9.78 Å². The van der Waals surface area contributed by atoms with Crippen LogP contribution in [-0.4, -0.2) is 22.4 Å². The summed E-state index contributed by atoms with van der Waals surface area (Å²) in [6, 6.07) is 11.2. The number of benzene rings is 1. The van der Waals surface area contributed by atoms with Gasteiger partial charge in [0.25, 0.3) is 0 Å². The summed E-state index contributed by atoms with van der Waals surface area (Å²) in [7, 11) is 0. The normalized spacial score (nSPS) is 18.4. The van der Waals surface area contributed by atoms with E-state index in [1.807, 2.05) is 4.68 Å². The number of nitrogens with two attached hydrogens (primary N) is 1. The van der Waals surface area contributed by atoms with Gasteiger partial charge >= 0.3 is 0 Å². The van der Waals surface area contributed by atoms with Gasteiger partial charge in [0.15, 0.2) is 0 Å². The Bertz CT molecular complexity index is 588. The van der Waals surface area contributed by atoms with Crippen LogP contribution in [0.2, 0.25) is 0 Å². The predicted octanol–water partition coefficient (Wildman–Crippen LogP) is 2.35. The van der Waals surface area contributed by atoms with Crippen molar-refractivity contribution in [3.8, 4) is 0 Å². The van der Waals surface area contributed by atoms with E-state index in [-0.39, 0.29) is 6.04 Å². The topological polar surface area (TPSA) is 47.1 Å². The maximum Gasteiger partial charge on any atom is 0.0817 e. The lowest BCUT2D eigenvalue weighted by Gasteiger charge is -2.34. The molecule has 1 aromatic carbocycles. The first-order valence-corrected chi connectivity index (χ1v) is 7.26. The van der Waals surface area contributed by atoms with E-state index in [1.54, 1.807) is 0 Å². The lowest BCUT2D eigenvalue weighted by atomic mass is 9.98. The third kappa shape index (κ3) is 2.56. The van der Waals surface area contributed by atoms with Gasteiger partial charge in [0.05, 0.1) is 12.2 Å². The number of nitrogens with zero attached hydrogens (tertiary/aromatic N) is 3. The number of para-hydroxylation sites is 1. The van der Waals surface area contributed by atoms with Crippen LogP contribution in [0, 0.1) is 0 Å². The molecule has 0 saturated carbocycles. The second-order valence-electron chi connectivity index (χ2n) is 5.85. The molecule has 20 heavy (non-hydrogen) atoms. The molecule has 0 saturated heterocycles. The molecular weight excluding hydrogens is 248 g/mol. The van der Waals surface area contributed by atoms with Gasteiger partial charge in [-0.1, -0.05) is 18.2 Å². The van der Waals surface area contributed by atoms with Gasteiger partial charge in [-0.05, 0) is 38.0 Å². The average Bonchev–Trinajstić information content (AvgIpc) is 2.87. The quantitative estimate of drug-likeness (QED) is 0.931. The molecule has 0 bridgehead atoms. The van der Waals surface area contributed by atoms with Crippen LogP contribution >= 0.6 is 0 Å². The first-order valence-electron chi connectivity index (χ1n) is 7.26. The van der Waals surface area contributed by atoms with Gasteiger partial charge in [0.2, 0.25) is 0 Å². The summed E-state index contributed by atoms with van der Waals surface area (Å²) in [5, 5.41) is 4.64. The Labute approximate surface area is 120 Å². The summed E-state index contributed by atoms with van der Waals surface area (Å²) >= 11 is 0. The molecule has 2 aromatic rings. The third-order valence-corrected chi connectivity index (χ3v) is 3.81. The Morgan fingerprint density at radius 1 is 1.30 bits per heavy atom. The standard InChI is InChI=1S/C16H22N4/c1-12(2)20-8-7-15(18-20)11-19-10-14(17)9-13-5-3-4-6-16(13)19/h3-8,12,14H,9-11,17H2,1-2H3. The molecule has 1 unspecified atom stereocenters. The van der Waals surface area contributed by atoms with E-state index in [1.165, 1.54) is 11.3 Å². The van der Waals surface area contributed by atoms with Crippen molar-refractivity contribution in [2.24, 2.45) is 5.73 Å². The van der Waals surface area contributed by atoms with Crippen molar-refractivity contribution in [1.29, 1.82) is 0 Å². The summed E-state index contributed by atoms with van der Waals surface area (Å²) < 4.78 is 2.01. The molecule has 0 aliphatic carbocycles. The molecule has 4 nitrogen and oxygen atoms in total. The van der Waals surface area contributed by atoms with E-state index in [2.05, 4.69) is 60.4 Å². The number of hydrogen-bond donors (Lipinski definition) is 1. The Kier molecular flexibility index (Phi) is 3.49. The molecule has 0 amide bonds. The lowest BCUT2D eigenvalue weighted by Crippen LogP contribution is -2.43. The van der Waals surface area contributed by atoms with Crippen LogP contribution in [0.3, 0.4) is 0 Å². The van der Waals surface area contributed by atoms with E-state index in [0.29, 0.717) is 6.04 Å². The minimum absolute atomic E-state index is 0.206. The highest BCUT2D eigenvalue weighted by atomic mass is 15.3. The molecule has 1 aliphatic heterocycles. The second kappa shape index (κ2) is 5.29. The van der Waals surface area contributed by atoms with Crippen LogP contribution in [0.15, 0.2) is 36.5 Å². The SMILES string of the molecule is CC(C)n1ccc(CN2CC(N)Cc3ccccc32)n1. The molecule has 2 N–H and O–H groups in total. The number of fused-ring (bicyclic) bond motifs is 1. The van der Waals surface area contributed by atoms with E-state index in [4.69, 9.17) is 5.73 Å². The maximum absolute atomic E-state index is 6.18. The average molecular weight is 270 g/mol. The first-order chi connectivity index (χ1) is 9.63. The number of anilines is 1. The summed E-state index contributed by atoms with van der Waals surface area (Å²) in [4.78, 5) is 2.34. The number of hydrogen-bond acceptors (Lipinski definition) is 3. The highest BCUT2D eigenvalue weighted by Crippen LogP contribution is 2.27. The van der Waals surface area contributed by atoms with E-state index >= 15 is 0 Å². The molecule has 0 fully saturated rings. The summed E-state index contributed by atoms with van der Waals surface area (Å²) in [5.74, 6) is 0. The summed E-state index contributed by atoms with van der Waals surface area (Å²) in [5.41, 5.74) is 9.92. The molecule has 1 aromatic heterocycles. The molecule has 1 atom stereocenters. The first kappa shape index (κ1) is 13.2. The molecule has 106 valence electrons. The molecule has 3 rings (SSSR count). The minimum atomic E-state index is 0.206. The van der Waals surface area contributed by atoms with Crippen molar-refractivity contribution < 1.29 is 0 Å². The van der Waals surface area contributed by atoms with Gasteiger partial charge < -0.3 is 10.6 Å². The fourth-order valence-electron chi connectivity index (χ4n) is 2.81. The predicted molar refractivity (Wildman–Crippen MR) is 81.8 cm³/mol. The van der Waals surface area contributed by atoms with Gasteiger partial charge in [-0.2, -0.15) is 5.10 Å². The smallest absolute Gasteiger partial charge is 0.0817 e. The van der Waals surface area contributed by atoms with Gasteiger partial charge in [-0.25, -0.2) is 0 Å². The van der Waals surface area contributed by atoms with E-state index < -0.39 is 0 Å². The molecule has 1 aliphatic rings. The zero-order chi connectivity index (χ0) is 14.1. The fourth-order valence-corrected chi connectivity index (χ4v) is 2.81. The maximum atomic E-state index is 6.18. The van der Waals surface area contributed by atoms with E-state index in [0.717, 1.165) is 25.2 Å². The zero-order valence-corrected chi connectivity index (χ0v) is 12.2. The summed E-state index contributed by atoms with van der Waals surface area (Å²) in [6.45, 7) is 6.00. The van der Waals surface area contributed by atoms with Crippen LogP contribution in [0.5, 0.6) is 0 Å². The number of rotatable bonds is 3. The van der Waals surface area contributed by atoms with Crippen LogP contribution in [-0.2, 0) is 13.0 Å². The van der Waals surface area contributed by atoms with E-state index in [9.17, 15) is 0 Å². The van der Waals surface area contributed by atoms with Crippen molar-refractivity contribution in [2.75, 3.05) is 11.4 Å². The molecule has 4 heteroatoms. The molecular formula is C16H22N4. The van der Waals surface area contributed by atoms with Crippen LogP contribution in [0.1, 0.15) is 31.1 Å². The number of aromatic nitrogens is 2. The second-order valence-corrected chi connectivity index (χ2v) is 5.85. The highest BCUT2D eigenvalue weighted by molar-refractivity contribution is 5.56. The Morgan fingerprint density at radius 2 is 2.10 bits per heavy atom. The van der Waals surface area contributed by atoms with Gasteiger partial charge in [-0.15, -0.1) is 0 Å². The van der Waals surface area contributed by atoms with Crippen LogP contribution < -0.4 is 10.6 Å². The molecule has 2 heterocycles. The summed E-state index contributed by atoms with van der Waals surface area (Å²) in [6.07, 6.45) is 3.02. The van der Waals surface area contributed by atoms with Crippen molar-refractivity contribution in [3.05, 3.63) is 47.8 Å². The van der Waals surface area contributed by atoms with Crippen LogP contribution in [0.25, 0.3) is 0 Å². The molecule has 0 radical (unpaired) electrons. The van der Waals surface area contributed by atoms with Gasteiger partial charge in [-0.3, -0.25) is 4.68 Å². The zero-order valence-electron chi connectivity index (χ0n) is 12.2. The van der Waals surface area contributed by atoms with Crippen molar-refractivity contribution in [2.45, 2.75) is 38.9 Å². The minimum Gasteiger partial charge on any atom is -0.364 e. The fraction of sp³-hybridized carbons (Fsp3) is 0.438. The monoisotopic (exact) mass is 270 g/mol. The van der Waals surface area contributed by atoms with Gasteiger partial charge in [0, 0.05) is 30.5 Å². The van der Waals surface area contributed by atoms with Crippen molar-refractivity contribution in [3.63, 3.8) is 0 Å². The largest absolute Gasteiger partial charge is 0.364 e. The molecule has 0 spiro atoms. The Morgan fingerprint density at radius 3 is 2.85 bits per heavy atom. The van der Waals surface area contributed by atoms with Crippen molar-refractivity contribution >= 4 is 5.69 Å².